The van der Waals surface area contributed by atoms with Gasteiger partial charge < -0.3 is 4.90 Å². The number of imide groups is 1. The minimum absolute atomic E-state index is 0.0396. The number of amides is 2. The van der Waals surface area contributed by atoms with E-state index < -0.39 is 0 Å². The summed E-state index contributed by atoms with van der Waals surface area (Å²) >= 11 is 0.985. The molecule has 2 aliphatic rings. The van der Waals surface area contributed by atoms with Gasteiger partial charge in [0.15, 0.2) is 0 Å². The molecule has 1 saturated heterocycles. The molecular weight excluding hydrogens is 344 g/mol. The number of allylic oxidation sites excluding steroid dienone is 1. The first-order valence-corrected chi connectivity index (χ1v) is 9.44. The Labute approximate surface area is 159 Å². The summed E-state index contributed by atoms with van der Waals surface area (Å²) in [6.45, 7) is 11.9. The van der Waals surface area contributed by atoms with Crippen LogP contribution < -0.4 is 4.90 Å². The lowest BCUT2D eigenvalue weighted by Gasteiger charge is -2.40. The Balaban J connectivity index is 1.97. The van der Waals surface area contributed by atoms with Crippen LogP contribution in [-0.2, 0) is 4.79 Å². The number of nitrogens with zero attached hydrogens (tertiary/aromatic N) is 2. The Morgan fingerprint density at radius 3 is 2.62 bits per heavy atom. The van der Waals surface area contributed by atoms with Crippen LogP contribution in [0.3, 0.4) is 0 Å². The van der Waals surface area contributed by atoms with Crippen molar-refractivity contribution in [2.45, 2.75) is 39.3 Å². The molecule has 0 spiro atoms. The standard InChI is InChI=1S/C21H24N2O2S/c1-7-14(3)23-19(24)18(26-20(23)25)11-15-8-9-17-16(10-15)13(2)12-21(4,5)22(17)6/h7-12,14H,1H2,2-6H3/b18-11+. The number of rotatable bonds is 3. The average molecular weight is 369 g/mol. The van der Waals surface area contributed by atoms with E-state index in [1.54, 1.807) is 19.1 Å². The molecule has 0 aromatic heterocycles. The summed E-state index contributed by atoms with van der Waals surface area (Å²) in [7, 11) is 2.09. The second-order valence-electron chi connectivity index (χ2n) is 7.34. The third-order valence-electron chi connectivity index (χ3n) is 5.11. The molecule has 0 radical (unpaired) electrons. The van der Waals surface area contributed by atoms with Crippen LogP contribution in [0.4, 0.5) is 10.5 Å². The molecule has 1 atom stereocenters. The van der Waals surface area contributed by atoms with Crippen molar-refractivity contribution in [2.24, 2.45) is 0 Å². The second-order valence-corrected chi connectivity index (χ2v) is 8.34. The van der Waals surface area contributed by atoms with Gasteiger partial charge in [-0.3, -0.25) is 14.5 Å². The molecular formula is C21H24N2O2S. The minimum Gasteiger partial charge on any atom is -0.366 e. The molecule has 0 N–H and O–H groups in total. The number of carbonyl (C=O) groups excluding carboxylic acids is 2. The molecule has 1 aromatic rings. The maximum Gasteiger partial charge on any atom is 0.294 e. The normalized spacial score (nSPS) is 21.7. The van der Waals surface area contributed by atoms with E-state index in [0.717, 1.165) is 22.9 Å². The highest BCUT2D eigenvalue weighted by molar-refractivity contribution is 8.18. The molecule has 0 bridgehead atoms. The van der Waals surface area contributed by atoms with E-state index in [4.69, 9.17) is 0 Å². The van der Waals surface area contributed by atoms with Crippen LogP contribution in [0, 0.1) is 0 Å². The van der Waals surface area contributed by atoms with Crippen LogP contribution in [0.15, 0.2) is 41.8 Å². The fourth-order valence-corrected chi connectivity index (χ4v) is 4.27. The van der Waals surface area contributed by atoms with Crippen molar-refractivity contribution in [3.63, 3.8) is 0 Å². The zero-order chi connectivity index (χ0) is 19.2. The Hall–Kier alpha value is -2.27. The lowest BCUT2D eigenvalue weighted by atomic mass is 9.88. The predicted molar refractivity (Wildman–Crippen MR) is 110 cm³/mol. The monoisotopic (exact) mass is 368 g/mol. The van der Waals surface area contributed by atoms with Gasteiger partial charge in [0.2, 0.25) is 0 Å². The van der Waals surface area contributed by atoms with Crippen molar-refractivity contribution in [2.75, 3.05) is 11.9 Å². The molecule has 26 heavy (non-hydrogen) atoms. The van der Waals surface area contributed by atoms with Gasteiger partial charge in [0.05, 0.1) is 16.5 Å². The lowest BCUT2D eigenvalue weighted by molar-refractivity contribution is -0.123. The summed E-state index contributed by atoms with van der Waals surface area (Å²) in [6.07, 6.45) is 5.65. The number of hydrogen-bond donors (Lipinski definition) is 0. The minimum atomic E-state index is -0.307. The Kier molecular flexibility index (Phi) is 4.61. The molecule has 5 heteroatoms. The zero-order valence-corrected chi connectivity index (χ0v) is 16.7. The maximum atomic E-state index is 12.6. The number of carbonyl (C=O) groups is 2. The van der Waals surface area contributed by atoms with E-state index in [2.05, 4.69) is 57.5 Å². The van der Waals surface area contributed by atoms with Gasteiger partial charge in [0, 0.05) is 18.3 Å². The van der Waals surface area contributed by atoms with E-state index in [1.807, 2.05) is 6.07 Å². The van der Waals surface area contributed by atoms with E-state index in [0.29, 0.717) is 4.91 Å². The van der Waals surface area contributed by atoms with Crippen molar-refractivity contribution in [1.82, 2.24) is 4.90 Å². The number of hydrogen-bond acceptors (Lipinski definition) is 4. The molecule has 1 unspecified atom stereocenters. The topological polar surface area (TPSA) is 40.6 Å². The third-order valence-corrected chi connectivity index (χ3v) is 5.99. The van der Waals surface area contributed by atoms with Gasteiger partial charge >= 0.3 is 0 Å². The van der Waals surface area contributed by atoms with Crippen molar-refractivity contribution in [1.29, 1.82) is 0 Å². The first-order chi connectivity index (χ1) is 12.2. The highest BCUT2D eigenvalue weighted by Crippen LogP contribution is 2.39. The first kappa shape index (κ1) is 18.5. The van der Waals surface area contributed by atoms with Gasteiger partial charge in [-0.1, -0.05) is 18.2 Å². The number of likely N-dealkylation sites (N-methyl/N-ethyl adjacent to an activating group) is 1. The van der Waals surface area contributed by atoms with E-state index in [9.17, 15) is 9.59 Å². The second kappa shape index (κ2) is 6.47. The van der Waals surface area contributed by atoms with E-state index in [1.165, 1.54) is 16.2 Å². The van der Waals surface area contributed by atoms with Crippen molar-refractivity contribution >= 4 is 40.2 Å². The summed E-state index contributed by atoms with van der Waals surface area (Å²) in [4.78, 5) is 28.7. The maximum absolute atomic E-state index is 12.6. The molecule has 2 heterocycles. The van der Waals surface area contributed by atoms with Crippen LogP contribution in [0.5, 0.6) is 0 Å². The van der Waals surface area contributed by atoms with Gasteiger partial charge in [-0.05, 0) is 68.8 Å². The summed E-state index contributed by atoms with van der Waals surface area (Å²) in [6, 6.07) is 5.85. The largest absolute Gasteiger partial charge is 0.366 e. The quantitative estimate of drug-likeness (QED) is 0.560. The van der Waals surface area contributed by atoms with Crippen LogP contribution in [-0.4, -0.2) is 34.7 Å². The predicted octanol–water partition coefficient (Wildman–Crippen LogP) is 4.93. The number of benzene rings is 1. The van der Waals surface area contributed by atoms with Crippen LogP contribution >= 0.6 is 11.8 Å². The molecule has 2 amide bonds. The van der Waals surface area contributed by atoms with Crippen LogP contribution in [0.2, 0.25) is 0 Å². The van der Waals surface area contributed by atoms with Gasteiger partial charge in [-0.2, -0.15) is 0 Å². The Bertz CT molecular complexity index is 867. The molecule has 0 saturated carbocycles. The SMILES string of the molecule is C=CC(C)N1C(=O)S/C(=C/c2ccc3c(c2)C(C)=CC(C)(C)N3C)C1=O. The molecule has 3 rings (SSSR count). The van der Waals surface area contributed by atoms with Crippen LogP contribution in [0.1, 0.15) is 38.8 Å². The summed E-state index contributed by atoms with van der Waals surface area (Å²) in [5, 5.41) is -0.246. The third kappa shape index (κ3) is 3.01. The summed E-state index contributed by atoms with van der Waals surface area (Å²) in [5.74, 6) is -0.254. The van der Waals surface area contributed by atoms with Crippen molar-refractivity contribution in [3.05, 3.63) is 53.0 Å². The molecule has 1 fully saturated rings. The first-order valence-electron chi connectivity index (χ1n) is 8.63. The smallest absolute Gasteiger partial charge is 0.294 e. The van der Waals surface area contributed by atoms with Gasteiger partial charge in [0.1, 0.15) is 0 Å². The number of thioether (sulfide) groups is 1. The van der Waals surface area contributed by atoms with E-state index >= 15 is 0 Å². The Morgan fingerprint density at radius 1 is 1.27 bits per heavy atom. The highest BCUT2D eigenvalue weighted by Gasteiger charge is 2.37. The molecule has 1 aromatic carbocycles. The molecule has 4 nitrogen and oxygen atoms in total. The fourth-order valence-electron chi connectivity index (χ4n) is 3.35. The summed E-state index contributed by atoms with van der Waals surface area (Å²) < 4.78 is 0. The average Bonchev–Trinajstić information content (AvgIpc) is 2.85. The van der Waals surface area contributed by atoms with E-state index in [-0.39, 0.29) is 22.7 Å². The van der Waals surface area contributed by atoms with Crippen molar-refractivity contribution < 1.29 is 9.59 Å². The lowest BCUT2D eigenvalue weighted by Crippen LogP contribution is -2.42. The van der Waals surface area contributed by atoms with Gasteiger partial charge in [-0.15, -0.1) is 6.58 Å². The summed E-state index contributed by atoms with van der Waals surface area (Å²) in [5.41, 5.74) is 4.41. The molecule has 2 aliphatic heterocycles. The van der Waals surface area contributed by atoms with Gasteiger partial charge in [-0.25, -0.2) is 0 Å². The Morgan fingerprint density at radius 2 is 1.96 bits per heavy atom. The number of anilines is 1. The van der Waals surface area contributed by atoms with Crippen molar-refractivity contribution in [3.8, 4) is 0 Å². The highest BCUT2D eigenvalue weighted by atomic mass is 32.2. The molecule has 136 valence electrons. The number of fused-ring (bicyclic) bond motifs is 1. The fraction of sp³-hybridized carbons (Fsp3) is 0.333. The molecule has 0 aliphatic carbocycles. The van der Waals surface area contributed by atoms with Crippen LogP contribution in [0.25, 0.3) is 11.6 Å². The zero-order valence-electron chi connectivity index (χ0n) is 15.9. The van der Waals surface area contributed by atoms with Gasteiger partial charge in [0.25, 0.3) is 11.1 Å².